The van der Waals surface area contributed by atoms with Crippen molar-refractivity contribution in [1.29, 1.82) is 0 Å². The van der Waals surface area contributed by atoms with Crippen molar-refractivity contribution >= 4 is 12.1 Å². The zero-order chi connectivity index (χ0) is 18.9. The Hall–Kier alpha value is -2.40. The van der Waals surface area contributed by atoms with Gasteiger partial charge in [0.15, 0.2) is 0 Å². The predicted molar refractivity (Wildman–Crippen MR) is 104 cm³/mol. The van der Waals surface area contributed by atoms with Gasteiger partial charge in [0, 0.05) is 6.08 Å². The normalized spacial score (nSPS) is 28.0. The average Bonchev–Trinajstić information content (AvgIpc) is 3.08. The summed E-state index contributed by atoms with van der Waals surface area (Å²) < 4.78 is 5.68. The number of allylic oxidation sites excluding steroid dienone is 1. The van der Waals surface area contributed by atoms with E-state index in [-0.39, 0.29) is 11.9 Å². The van der Waals surface area contributed by atoms with Crippen LogP contribution < -0.4 is 10.1 Å². The summed E-state index contributed by atoms with van der Waals surface area (Å²) in [6, 6.07) is 8.18. The summed E-state index contributed by atoms with van der Waals surface area (Å²) in [5, 5.41) is 7.85. The van der Waals surface area contributed by atoms with Crippen LogP contribution in [0.25, 0.3) is 0 Å². The second kappa shape index (κ2) is 6.72. The lowest BCUT2D eigenvalue weighted by Gasteiger charge is -2.39. The molecule has 0 radical (unpaired) electrons. The zero-order valence-electron chi connectivity index (χ0n) is 16.2. The Morgan fingerprint density at radius 2 is 2.00 bits per heavy atom. The van der Waals surface area contributed by atoms with E-state index in [1.807, 2.05) is 36.6 Å². The van der Waals surface area contributed by atoms with Crippen molar-refractivity contribution in [1.82, 2.24) is 5.32 Å². The molecule has 1 aromatic carbocycles. The summed E-state index contributed by atoms with van der Waals surface area (Å²) in [6.07, 6.45) is 6.62. The van der Waals surface area contributed by atoms with Crippen molar-refractivity contribution in [3.8, 4) is 5.75 Å². The van der Waals surface area contributed by atoms with Crippen molar-refractivity contribution in [2.45, 2.75) is 45.7 Å². The molecule has 26 heavy (non-hydrogen) atoms. The van der Waals surface area contributed by atoms with Gasteiger partial charge in [-0.1, -0.05) is 22.8 Å². The summed E-state index contributed by atoms with van der Waals surface area (Å²) in [7, 11) is 1.65. The number of nitrogens with one attached hydrogen (secondary N) is 1. The summed E-state index contributed by atoms with van der Waals surface area (Å²) in [4.78, 5) is 13.0. The van der Waals surface area contributed by atoms with Gasteiger partial charge in [0.25, 0.3) is 5.91 Å². The van der Waals surface area contributed by atoms with E-state index in [2.05, 4.69) is 44.3 Å². The van der Waals surface area contributed by atoms with Gasteiger partial charge in [-0.05, 0) is 51.8 Å². The summed E-state index contributed by atoms with van der Waals surface area (Å²) in [5.74, 6) is 0.815. The molecule has 5 heteroatoms. The molecule has 2 aliphatic rings. The van der Waals surface area contributed by atoms with Gasteiger partial charge in [-0.25, -0.2) is 0 Å². The van der Waals surface area contributed by atoms with E-state index in [0.717, 1.165) is 28.9 Å². The molecule has 0 spiro atoms. The first kappa shape index (κ1) is 18.4. The molecule has 3 rings (SSSR count). The molecule has 0 aromatic heterocycles. The number of hydrogen-bond acceptors (Lipinski definition) is 3. The lowest BCUT2D eigenvalue weighted by Crippen LogP contribution is -2.52. The van der Waals surface area contributed by atoms with Gasteiger partial charge in [0.05, 0.1) is 24.4 Å². The smallest absolute Gasteiger partial charge is 0.253 e. The maximum atomic E-state index is 13.0. The van der Waals surface area contributed by atoms with Crippen LogP contribution in [0.5, 0.6) is 5.75 Å². The van der Waals surface area contributed by atoms with Crippen molar-refractivity contribution in [3.05, 3.63) is 53.3 Å². The van der Waals surface area contributed by atoms with Crippen LogP contribution in [0.4, 0.5) is 0 Å². The minimum Gasteiger partial charge on any atom is -0.497 e. The number of amides is 1. The molecule has 0 bridgehead atoms. The fourth-order valence-corrected chi connectivity index (χ4v) is 3.76. The standard InChI is InChI=1S/C21H27N3O2/c1-15(2)24(12-6-11-22-24)14-19-16(3)13-21(4,23-20(19)25)17-7-9-18(26-5)10-8-17/h6-12,15H,13-14H2,1-5H3/p+1. The minimum absolute atomic E-state index is 0.000665. The van der Waals surface area contributed by atoms with E-state index in [0.29, 0.717) is 11.1 Å². The molecular weight excluding hydrogens is 326 g/mol. The molecule has 2 unspecified atom stereocenters. The van der Waals surface area contributed by atoms with Crippen LogP contribution in [0.15, 0.2) is 52.8 Å². The highest BCUT2D eigenvalue weighted by Gasteiger charge is 2.41. The van der Waals surface area contributed by atoms with Gasteiger partial charge in [-0.2, -0.15) is 4.59 Å². The maximum absolute atomic E-state index is 13.0. The zero-order valence-corrected chi connectivity index (χ0v) is 16.2. The van der Waals surface area contributed by atoms with Crippen LogP contribution in [0.1, 0.15) is 39.7 Å². The molecule has 5 nitrogen and oxygen atoms in total. The predicted octanol–water partition coefficient (Wildman–Crippen LogP) is 3.49. The van der Waals surface area contributed by atoms with Gasteiger partial charge < -0.3 is 10.1 Å². The van der Waals surface area contributed by atoms with Gasteiger partial charge in [-0.3, -0.25) is 4.79 Å². The van der Waals surface area contributed by atoms with E-state index >= 15 is 0 Å². The topological polar surface area (TPSA) is 50.7 Å². The third-order valence-electron chi connectivity index (χ3n) is 5.54. The van der Waals surface area contributed by atoms with E-state index in [1.165, 1.54) is 0 Å². The molecule has 138 valence electrons. The SMILES string of the molecule is COc1ccc(C2(C)CC(C)=C(C[N+]3(C(C)C)C=CC=N3)C(=O)N2)cc1. The first-order valence-electron chi connectivity index (χ1n) is 9.06. The number of benzene rings is 1. The Kier molecular flexibility index (Phi) is 4.76. The second-order valence-corrected chi connectivity index (χ2v) is 7.69. The number of nitrogens with zero attached hydrogens (tertiary/aromatic N) is 2. The van der Waals surface area contributed by atoms with Crippen molar-refractivity contribution in [3.63, 3.8) is 0 Å². The van der Waals surface area contributed by atoms with Gasteiger partial charge in [0.2, 0.25) is 0 Å². The highest BCUT2D eigenvalue weighted by Crippen LogP contribution is 2.35. The monoisotopic (exact) mass is 354 g/mol. The summed E-state index contributed by atoms with van der Waals surface area (Å²) >= 11 is 0. The third kappa shape index (κ3) is 3.19. The molecular formula is C21H28N3O2+. The number of carbonyl (C=O) groups is 1. The quantitative estimate of drug-likeness (QED) is 0.823. The maximum Gasteiger partial charge on any atom is 0.253 e. The lowest BCUT2D eigenvalue weighted by atomic mass is 9.81. The van der Waals surface area contributed by atoms with E-state index in [9.17, 15) is 4.79 Å². The molecule has 1 amide bonds. The van der Waals surface area contributed by atoms with E-state index in [1.54, 1.807) is 7.11 Å². The first-order valence-corrected chi connectivity index (χ1v) is 9.06. The molecule has 2 atom stereocenters. The van der Waals surface area contributed by atoms with E-state index in [4.69, 9.17) is 4.74 Å². The van der Waals surface area contributed by atoms with Crippen LogP contribution in [0, 0.1) is 0 Å². The number of ether oxygens (including phenoxy) is 1. The molecule has 2 heterocycles. The van der Waals surface area contributed by atoms with Crippen LogP contribution in [-0.4, -0.2) is 36.4 Å². The Balaban J connectivity index is 1.89. The minimum atomic E-state index is -0.413. The second-order valence-electron chi connectivity index (χ2n) is 7.69. The Bertz CT molecular complexity index is 778. The number of quaternary nitrogens is 1. The average molecular weight is 354 g/mol. The Labute approximate surface area is 155 Å². The van der Waals surface area contributed by atoms with Crippen LogP contribution in [-0.2, 0) is 10.3 Å². The van der Waals surface area contributed by atoms with Crippen molar-refractivity contribution < 1.29 is 14.1 Å². The molecule has 1 aromatic rings. The van der Waals surface area contributed by atoms with Gasteiger partial charge in [0.1, 0.15) is 24.5 Å². The third-order valence-corrected chi connectivity index (χ3v) is 5.54. The van der Waals surface area contributed by atoms with E-state index < -0.39 is 5.54 Å². The molecule has 0 fully saturated rings. The van der Waals surface area contributed by atoms with Gasteiger partial charge >= 0.3 is 0 Å². The molecule has 1 N–H and O–H groups in total. The molecule has 2 aliphatic heterocycles. The van der Waals surface area contributed by atoms with Gasteiger partial charge in [-0.15, -0.1) is 0 Å². The first-order chi connectivity index (χ1) is 12.3. The number of methoxy groups -OCH3 is 1. The fraction of sp³-hybridized carbons (Fsp3) is 0.429. The largest absolute Gasteiger partial charge is 0.497 e. The highest BCUT2D eigenvalue weighted by atomic mass is 16.5. The van der Waals surface area contributed by atoms with Crippen LogP contribution in [0.2, 0.25) is 0 Å². The Morgan fingerprint density at radius 1 is 1.31 bits per heavy atom. The van der Waals surface area contributed by atoms with Crippen LogP contribution in [0.3, 0.4) is 0 Å². The molecule has 0 saturated carbocycles. The fourth-order valence-electron chi connectivity index (χ4n) is 3.76. The lowest BCUT2D eigenvalue weighted by molar-refractivity contribution is -0.899. The van der Waals surface area contributed by atoms with Crippen molar-refractivity contribution in [2.24, 2.45) is 5.10 Å². The van der Waals surface area contributed by atoms with Crippen LogP contribution >= 0.6 is 0 Å². The Morgan fingerprint density at radius 3 is 2.50 bits per heavy atom. The summed E-state index contributed by atoms with van der Waals surface area (Å²) in [5.41, 5.74) is 2.63. The molecule has 0 saturated heterocycles. The number of carbonyl (C=O) groups excluding carboxylic acids is 1. The highest BCUT2D eigenvalue weighted by molar-refractivity contribution is 5.96. The number of rotatable bonds is 5. The van der Waals surface area contributed by atoms with Crippen molar-refractivity contribution in [2.75, 3.05) is 13.7 Å². The number of hydrogen-bond donors (Lipinski definition) is 1. The molecule has 0 aliphatic carbocycles. The summed E-state index contributed by atoms with van der Waals surface area (Å²) in [6.45, 7) is 8.99.